The number of hydrogen-bond donors (Lipinski definition) is 1. The Morgan fingerprint density at radius 2 is 1.90 bits per heavy atom. The largest absolute Gasteiger partial charge is 0.386 e. The first kappa shape index (κ1) is 19.7. The van der Waals surface area contributed by atoms with Crippen molar-refractivity contribution in [2.75, 3.05) is 0 Å². The maximum atomic E-state index is 13.7. The summed E-state index contributed by atoms with van der Waals surface area (Å²) in [4.78, 5) is 12.4. The number of aliphatic hydroxyl groups is 1. The van der Waals surface area contributed by atoms with Crippen LogP contribution >= 0.6 is 11.6 Å². The van der Waals surface area contributed by atoms with Crippen LogP contribution in [0.5, 0.6) is 0 Å². The molecule has 11 heteroatoms. The fourth-order valence-corrected chi connectivity index (χ4v) is 4.16. The van der Waals surface area contributed by atoms with Gasteiger partial charge in [-0.05, 0) is 31.5 Å². The van der Waals surface area contributed by atoms with Crippen molar-refractivity contribution in [3.8, 4) is 0 Å². The third-order valence-electron chi connectivity index (χ3n) is 5.25. The summed E-state index contributed by atoms with van der Waals surface area (Å²) in [6, 6.07) is 3.19. The molecular formula is C19H17ClF2N4O4. The van der Waals surface area contributed by atoms with Gasteiger partial charge >= 0.3 is 0 Å². The van der Waals surface area contributed by atoms with E-state index >= 15 is 0 Å². The first-order valence-corrected chi connectivity index (χ1v) is 9.60. The smallest absolute Gasteiger partial charge is 0.167 e. The summed E-state index contributed by atoms with van der Waals surface area (Å²) in [6.07, 6.45) is -1.45. The highest BCUT2D eigenvalue weighted by molar-refractivity contribution is 6.33. The molecular weight excluding hydrogens is 422 g/mol. The first-order chi connectivity index (χ1) is 14.2. The molecule has 4 heterocycles. The summed E-state index contributed by atoms with van der Waals surface area (Å²) in [6.45, 7) is 3.49. The van der Waals surface area contributed by atoms with Crippen molar-refractivity contribution in [2.24, 2.45) is 0 Å². The molecule has 2 aromatic heterocycles. The van der Waals surface area contributed by atoms with E-state index in [-0.39, 0.29) is 10.7 Å². The summed E-state index contributed by atoms with van der Waals surface area (Å²) in [5, 5.41) is 11.1. The normalized spacial score (nSPS) is 28.7. The highest BCUT2D eigenvalue weighted by Crippen LogP contribution is 2.47. The third-order valence-corrected chi connectivity index (χ3v) is 5.53. The van der Waals surface area contributed by atoms with Crippen molar-refractivity contribution < 1.29 is 28.1 Å². The summed E-state index contributed by atoms with van der Waals surface area (Å²) < 4.78 is 46.8. The van der Waals surface area contributed by atoms with E-state index in [1.54, 1.807) is 18.4 Å². The summed E-state index contributed by atoms with van der Waals surface area (Å²) in [5.74, 6) is -3.00. The molecule has 30 heavy (non-hydrogen) atoms. The Balaban J connectivity index is 1.54. The van der Waals surface area contributed by atoms with Crippen molar-refractivity contribution in [3.05, 3.63) is 53.2 Å². The quantitative estimate of drug-likeness (QED) is 0.628. The summed E-state index contributed by atoms with van der Waals surface area (Å²) in [7, 11) is 0. The van der Waals surface area contributed by atoms with Crippen molar-refractivity contribution in [3.63, 3.8) is 0 Å². The number of nitrogens with zero attached hydrogens (tertiary/aromatic N) is 4. The van der Waals surface area contributed by atoms with E-state index < -0.39 is 48.1 Å². The van der Waals surface area contributed by atoms with Gasteiger partial charge in [0.05, 0.1) is 6.33 Å². The number of aliphatic hydroxyl groups excluding tert-OH is 1. The molecule has 0 aliphatic carbocycles. The van der Waals surface area contributed by atoms with Crippen LogP contribution in [-0.2, 0) is 14.2 Å². The molecule has 0 spiro atoms. The van der Waals surface area contributed by atoms with E-state index in [1.807, 2.05) is 0 Å². The molecule has 5 atom stereocenters. The molecule has 8 nitrogen and oxygen atoms in total. The van der Waals surface area contributed by atoms with E-state index in [1.165, 1.54) is 18.7 Å². The highest BCUT2D eigenvalue weighted by Gasteiger charge is 2.58. The Morgan fingerprint density at radius 3 is 2.67 bits per heavy atom. The van der Waals surface area contributed by atoms with Crippen LogP contribution in [0, 0.1) is 11.6 Å². The first-order valence-electron chi connectivity index (χ1n) is 9.22. The van der Waals surface area contributed by atoms with Crippen molar-refractivity contribution >= 4 is 22.8 Å². The van der Waals surface area contributed by atoms with Crippen LogP contribution in [0.3, 0.4) is 0 Å². The van der Waals surface area contributed by atoms with Gasteiger partial charge < -0.3 is 19.3 Å². The lowest BCUT2D eigenvalue weighted by atomic mass is 9.99. The second-order valence-electron chi connectivity index (χ2n) is 7.66. The molecule has 0 unspecified atom stereocenters. The van der Waals surface area contributed by atoms with Gasteiger partial charge in [-0.3, -0.25) is 4.57 Å². The zero-order valence-electron chi connectivity index (χ0n) is 15.9. The molecule has 5 rings (SSSR count). The number of benzene rings is 1. The maximum absolute atomic E-state index is 13.7. The molecule has 0 amide bonds. The van der Waals surface area contributed by atoms with Gasteiger partial charge in [0.1, 0.15) is 36.3 Å². The molecule has 2 saturated heterocycles. The lowest BCUT2D eigenvalue weighted by Crippen LogP contribution is -2.34. The van der Waals surface area contributed by atoms with Crippen LogP contribution < -0.4 is 0 Å². The minimum Gasteiger partial charge on any atom is -0.386 e. The van der Waals surface area contributed by atoms with Crippen LogP contribution in [0.1, 0.15) is 31.7 Å². The van der Waals surface area contributed by atoms with Crippen LogP contribution in [0.4, 0.5) is 8.78 Å². The van der Waals surface area contributed by atoms with Gasteiger partial charge in [0.25, 0.3) is 0 Å². The third kappa shape index (κ3) is 3.07. The number of rotatable bonds is 3. The van der Waals surface area contributed by atoms with Gasteiger partial charge in [0.2, 0.25) is 0 Å². The fraction of sp³-hybridized carbons (Fsp3) is 0.421. The molecule has 0 saturated carbocycles. The minimum atomic E-state index is -1.29. The number of fused-ring (bicyclic) bond motifs is 2. The van der Waals surface area contributed by atoms with Crippen LogP contribution in [-0.4, -0.2) is 48.7 Å². The lowest BCUT2D eigenvalue weighted by Gasteiger charge is -2.27. The molecule has 0 bridgehead atoms. The number of halogens is 3. The van der Waals surface area contributed by atoms with Gasteiger partial charge in [0.15, 0.2) is 34.4 Å². The van der Waals surface area contributed by atoms with Crippen molar-refractivity contribution in [1.82, 2.24) is 19.5 Å². The standard InChI is InChI=1S/C19H17ClF2N4O4/c1-19(2)29-14-13(12(27)8-3-4-9(21)10(22)5-8)28-18(15(14)30-19)26-7-25-11-16(20)23-6-24-17(11)26/h3-7,12-15,18,27H,1-2H3/t12-,13-,14-,15-,18-/m1/s1. The highest BCUT2D eigenvalue weighted by atomic mass is 35.5. The molecule has 2 aliphatic heterocycles. The predicted molar refractivity (Wildman–Crippen MR) is 99.4 cm³/mol. The van der Waals surface area contributed by atoms with E-state index in [2.05, 4.69) is 15.0 Å². The molecule has 1 aromatic carbocycles. The van der Waals surface area contributed by atoms with E-state index in [9.17, 15) is 13.9 Å². The van der Waals surface area contributed by atoms with Crippen LogP contribution in [0.2, 0.25) is 5.15 Å². The number of aromatic nitrogens is 4. The van der Waals surface area contributed by atoms with Crippen molar-refractivity contribution in [1.29, 1.82) is 0 Å². The lowest BCUT2D eigenvalue weighted by molar-refractivity contribution is -0.207. The Morgan fingerprint density at radius 1 is 1.13 bits per heavy atom. The fourth-order valence-electron chi connectivity index (χ4n) is 3.98. The molecule has 158 valence electrons. The van der Waals surface area contributed by atoms with Crippen LogP contribution in [0.25, 0.3) is 11.2 Å². The molecule has 1 N–H and O–H groups in total. The SMILES string of the molecule is CC1(C)O[C@H]2[C@@H](O1)[C@H](n1cnc3c(Cl)ncnc31)O[C@@H]2[C@H](O)c1ccc(F)c(F)c1. The Hall–Kier alpha value is -2.24. The molecule has 3 aromatic rings. The number of imidazole rings is 1. The van der Waals surface area contributed by atoms with Gasteiger partial charge in [-0.2, -0.15) is 0 Å². The average Bonchev–Trinajstić information content (AvgIpc) is 3.34. The van der Waals surface area contributed by atoms with Crippen molar-refractivity contribution in [2.45, 2.75) is 50.3 Å². The van der Waals surface area contributed by atoms with Gasteiger partial charge in [-0.25, -0.2) is 23.7 Å². The van der Waals surface area contributed by atoms with E-state index in [0.29, 0.717) is 11.2 Å². The second kappa shape index (κ2) is 6.89. The Kier molecular flexibility index (Phi) is 4.53. The average molecular weight is 439 g/mol. The van der Waals surface area contributed by atoms with E-state index in [0.717, 1.165) is 12.1 Å². The van der Waals surface area contributed by atoms with Gasteiger partial charge in [-0.1, -0.05) is 17.7 Å². The van der Waals surface area contributed by atoms with Crippen LogP contribution in [0.15, 0.2) is 30.9 Å². The zero-order valence-corrected chi connectivity index (χ0v) is 16.6. The number of hydrogen-bond acceptors (Lipinski definition) is 7. The second-order valence-corrected chi connectivity index (χ2v) is 8.02. The molecule has 0 radical (unpaired) electrons. The van der Waals surface area contributed by atoms with E-state index in [4.69, 9.17) is 25.8 Å². The van der Waals surface area contributed by atoms with Gasteiger partial charge in [-0.15, -0.1) is 0 Å². The molecule has 2 fully saturated rings. The maximum Gasteiger partial charge on any atom is 0.167 e. The minimum absolute atomic E-state index is 0.160. The predicted octanol–water partition coefficient (Wildman–Crippen LogP) is 2.91. The monoisotopic (exact) mass is 438 g/mol. The summed E-state index contributed by atoms with van der Waals surface area (Å²) in [5.41, 5.74) is 0.976. The van der Waals surface area contributed by atoms with Gasteiger partial charge in [0, 0.05) is 0 Å². The molecule has 2 aliphatic rings. The number of ether oxygens (including phenoxy) is 3. The zero-order chi connectivity index (χ0) is 21.2. The Labute approximate surface area is 174 Å². The summed E-state index contributed by atoms with van der Waals surface area (Å²) >= 11 is 6.09. The topological polar surface area (TPSA) is 91.5 Å². The Bertz CT molecular complexity index is 1130.